The van der Waals surface area contributed by atoms with E-state index in [2.05, 4.69) is 4.98 Å². The molecule has 0 amide bonds. The molecule has 0 spiro atoms. The second-order valence-electron chi connectivity index (χ2n) is 3.62. The van der Waals surface area contributed by atoms with Crippen molar-refractivity contribution in [2.75, 3.05) is 5.73 Å². The Kier molecular flexibility index (Phi) is 4.02. The molecule has 19 heavy (non-hydrogen) atoms. The number of rotatable bonds is 3. The van der Waals surface area contributed by atoms with Crippen molar-refractivity contribution in [1.29, 1.82) is 0 Å². The number of alkyl halides is 3. The summed E-state index contributed by atoms with van der Waals surface area (Å²) in [5.41, 5.74) is 1.64. The highest BCUT2D eigenvalue weighted by Crippen LogP contribution is 2.37. The van der Waals surface area contributed by atoms with E-state index in [1.54, 1.807) is 0 Å². The first-order valence-electron chi connectivity index (χ1n) is 5.10. The minimum Gasteiger partial charge on any atom is -0.383 e. The summed E-state index contributed by atoms with van der Waals surface area (Å²) in [6.45, 7) is 0. The summed E-state index contributed by atoms with van der Waals surface area (Å²) in [5.74, 6) is 0. The van der Waals surface area contributed by atoms with E-state index < -0.39 is 11.6 Å². The molecule has 0 bridgehead atoms. The van der Waals surface area contributed by atoms with E-state index in [4.69, 9.17) is 5.73 Å². The molecule has 1 aromatic carbocycles. The molecule has 1 heterocycles. The van der Waals surface area contributed by atoms with Crippen LogP contribution in [0.15, 0.2) is 35.4 Å². The van der Waals surface area contributed by atoms with Gasteiger partial charge >= 0.3 is 5.51 Å². The number of aliphatic hydroxyl groups is 1. The lowest BCUT2D eigenvalue weighted by Crippen LogP contribution is -2.00. The predicted molar refractivity (Wildman–Crippen MR) is 68.9 cm³/mol. The average molecular weight is 306 g/mol. The predicted octanol–water partition coefficient (Wildman–Crippen LogP) is 3.42. The molecule has 102 valence electrons. The maximum atomic E-state index is 12.2. The Morgan fingerprint density at radius 1 is 1.26 bits per heavy atom. The molecule has 0 aliphatic rings. The maximum absolute atomic E-state index is 12.2. The van der Waals surface area contributed by atoms with E-state index in [0.717, 1.165) is 11.3 Å². The van der Waals surface area contributed by atoms with Crippen LogP contribution in [0.5, 0.6) is 0 Å². The van der Waals surface area contributed by atoms with Gasteiger partial charge in [0.1, 0.15) is 6.10 Å². The van der Waals surface area contributed by atoms with Crippen LogP contribution in [-0.4, -0.2) is 15.6 Å². The average Bonchev–Trinajstić information content (AvgIpc) is 2.74. The Labute approximate surface area is 115 Å². The van der Waals surface area contributed by atoms with Crippen molar-refractivity contribution >= 4 is 28.2 Å². The van der Waals surface area contributed by atoms with Crippen molar-refractivity contribution in [3.8, 4) is 0 Å². The summed E-state index contributed by atoms with van der Waals surface area (Å²) in [6, 6.07) is 5.55. The molecule has 0 aliphatic carbocycles. The quantitative estimate of drug-likeness (QED) is 0.853. The summed E-state index contributed by atoms with van der Waals surface area (Å²) < 4.78 is 36.5. The van der Waals surface area contributed by atoms with Crippen molar-refractivity contribution in [2.24, 2.45) is 0 Å². The van der Waals surface area contributed by atoms with E-state index in [1.807, 2.05) is 0 Å². The number of nitrogen functional groups attached to an aromatic ring is 1. The van der Waals surface area contributed by atoms with Gasteiger partial charge in [-0.25, -0.2) is 4.98 Å². The third kappa shape index (κ3) is 3.85. The fourth-order valence-electron chi connectivity index (χ4n) is 1.44. The third-order valence-electron chi connectivity index (χ3n) is 2.24. The zero-order chi connectivity index (χ0) is 14.0. The van der Waals surface area contributed by atoms with E-state index in [0.29, 0.717) is 15.6 Å². The fraction of sp³-hybridized carbons (Fsp3) is 0.182. The van der Waals surface area contributed by atoms with Crippen LogP contribution in [0.4, 0.5) is 18.3 Å². The molecular formula is C11H9F3N2OS2. The molecular weight excluding hydrogens is 297 g/mol. The Morgan fingerprint density at radius 2 is 1.89 bits per heavy atom. The van der Waals surface area contributed by atoms with Gasteiger partial charge in [-0.05, 0) is 29.5 Å². The van der Waals surface area contributed by atoms with Gasteiger partial charge < -0.3 is 10.8 Å². The van der Waals surface area contributed by atoms with Crippen LogP contribution in [0.25, 0.3) is 0 Å². The third-order valence-corrected chi connectivity index (χ3v) is 3.86. The van der Waals surface area contributed by atoms with Crippen LogP contribution in [-0.2, 0) is 0 Å². The summed E-state index contributed by atoms with van der Waals surface area (Å²) >= 11 is 0.946. The lowest BCUT2D eigenvalue weighted by Gasteiger charge is -2.10. The molecule has 1 unspecified atom stereocenters. The number of hydrogen-bond donors (Lipinski definition) is 2. The smallest absolute Gasteiger partial charge is 0.383 e. The van der Waals surface area contributed by atoms with Gasteiger partial charge in [0.05, 0.1) is 4.88 Å². The van der Waals surface area contributed by atoms with E-state index in [1.165, 1.54) is 30.5 Å². The monoisotopic (exact) mass is 306 g/mol. The number of hydrogen-bond acceptors (Lipinski definition) is 5. The Hall–Kier alpha value is -1.25. The van der Waals surface area contributed by atoms with E-state index in [-0.39, 0.29) is 16.7 Å². The Morgan fingerprint density at radius 3 is 2.37 bits per heavy atom. The Bertz CT molecular complexity index is 554. The molecule has 3 N–H and O–H groups in total. The largest absolute Gasteiger partial charge is 0.446 e. The first-order valence-corrected chi connectivity index (χ1v) is 6.73. The van der Waals surface area contributed by atoms with Crippen molar-refractivity contribution in [3.05, 3.63) is 40.9 Å². The van der Waals surface area contributed by atoms with Gasteiger partial charge in [-0.1, -0.05) is 23.5 Å². The normalized spacial score (nSPS) is 13.5. The highest BCUT2D eigenvalue weighted by molar-refractivity contribution is 8.00. The topological polar surface area (TPSA) is 59.1 Å². The molecule has 3 nitrogen and oxygen atoms in total. The number of benzene rings is 1. The van der Waals surface area contributed by atoms with Gasteiger partial charge in [-0.3, -0.25) is 0 Å². The highest BCUT2D eigenvalue weighted by atomic mass is 32.2. The summed E-state index contributed by atoms with van der Waals surface area (Å²) in [6.07, 6.45) is 0.517. The van der Waals surface area contributed by atoms with Crippen molar-refractivity contribution in [2.45, 2.75) is 16.5 Å². The number of nitrogens with two attached hydrogens (primary N) is 1. The number of thioether (sulfide) groups is 1. The summed E-state index contributed by atoms with van der Waals surface area (Å²) in [4.78, 5) is 4.44. The first kappa shape index (κ1) is 14.2. The van der Waals surface area contributed by atoms with Crippen LogP contribution < -0.4 is 5.73 Å². The zero-order valence-electron chi connectivity index (χ0n) is 9.39. The minimum absolute atomic E-state index is 0.0762. The van der Waals surface area contributed by atoms with Crippen LogP contribution in [0, 0.1) is 0 Å². The molecule has 0 fully saturated rings. The second kappa shape index (κ2) is 5.40. The minimum atomic E-state index is -4.31. The van der Waals surface area contributed by atoms with Crippen LogP contribution >= 0.6 is 23.1 Å². The fourth-order valence-corrected chi connectivity index (χ4v) is 2.68. The Balaban J connectivity index is 2.14. The molecule has 2 aromatic rings. The number of halogens is 3. The van der Waals surface area contributed by atoms with Crippen LogP contribution in [0.2, 0.25) is 0 Å². The number of thiazole rings is 1. The van der Waals surface area contributed by atoms with E-state index >= 15 is 0 Å². The van der Waals surface area contributed by atoms with E-state index in [9.17, 15) is 18.3 Å². The summed E-state index contributed by atoms with van der Waals surface area (Å²) in [7, 11) is 0. The number of aromatic nitrogens is 1. The van der Waals surface area contributed by atoms with Gasteiger partial charge in [0, 0.05) is 11.1 Å². The molecule has 2 rings (SSSR count). The highest BCUT2D eigenvalue weighted by Gasteiger charge is 2.29. The standard InChI is InChI=1S/C11H9F3N2OS2/c12-11(13,14)19-7-3-1-6(2-4-7)9(17)8-5-16-10(15)18-8/h1-5,9,17H,(H2,15,16). The number of aliphatic hydroxyl groups excluding tert-OH is 1. The van der Waals surface area contributed by atoms with Gasteiger partial charge in [0.25, 0.3) is 0 Å². The lowest BCUT2D eigenvalue weighted by molar-refractivity contribution is -0.0328. The van der Waals surface area contributed by atoms with Crippen molar-refractivity contribution < 1.29 is 18.3 Å². The van der Waals surface area contributed by atoms with Crippen molar-refractivity contribution in [1.82, 2.24) is 4.98 Å². The van der Waals surface area contributed by atoms with Crippen LogP contribution in [0.3, 0.4) is 0 Å². The first-order chi connectivity index (χ1) is 8.85. The van der Waals surface area contributed by atoms with Gasteiger partial charge in [0.15, 0.2) is 5.13 Å². The number of nitrogens with zero attached hydrogens (tertiary/aromatic N) is 1. The molecule has 0 saturated carbocycles. The molecule has 8 heteroatoms. The van der Waals surface area contributed by atoms with Crippen LogP contribution in [0.1, 0.15) is 16.5 Å². The maximum Gasteiger partial charge on any atom is 0.446 e. The molecule has 0 saturated heterocycles. The van der Waals surface area contributed by atoms with Gasteiger partial charge in [0.2, 0.25) is 0 Å². The second-order valence-corrected chi connectivity index (χ2v) is 5.85. The zero-order valence-corrected chi connectivity index (χ0v) is 11.0. The molecule has 1 atom stereocenters. The van der Waals surface area contributed by atoms with Gasteiger partial charge in [-0.2, -0.15) is 13.2 Å². The molecule has 0 radical (unpaired) electrons. The molecule has 1 aromatic heterocycles. The van der Waals surface area contributed by atoms with Gasteiger partial charge in [-0.15, -0.1) is 0 Å². The lowest BCUT2D eigenvalue weighted by atomic mass is 10.1. The molecule has 0 aliphatic heterocycles. The number of anilines is 1. The van der Waals surface area contributed by atoms with Crippen molar-refractivity contribution in [3.63, 3.8) is 0 Å². The summed E-state index contributed by atoms with van der Waals surface area (Å²) in [5, 5.41) is 10.3. The SMILES string of the molecule is Nc1ncc(C(O)c2ccc(SC(F)(F)F)cc2)s1.